The average Bonchev–Trinajstić information content (AvgIpc) is 2.96. The van der Waals surface area contributed by atoms with Gasteiger partial charge in [-0.15, -0.1) is 0 Å². The van der Waals surface area contributed by atoms with Crippen LogP contribution in [0.25, 0.3) is 11.0 Å². The maximum absolute atomic E-state index is 12.4. The van der Waals surface area contributed by atoms with Gasteiger partial charge in [-0.2, -0.15) is 0 Å². The van der Waals surface area contributed by atoms with Crippen LogP contribution in [0.2, 0.25) is 0 Å². The van der Waals surface area contributed by atoms with Crippen LogP contribution in [0.1, 0.15) is 33.4 Å². The number of hydrogen-bond acceptors (Lipinski definition) is 6. The highest BCUT2D eigenvalue weighted by molar-refractivity contribution is 9.10. The van der Waals surface area contributed by atoms with Gasteiger partial charge < -0.3 is 18.6 Å². The minimum absolute atomic E-state index is 0.251. The van der Waals surface area contributed by atoms with Gasteiger partial charge in [0.25, 0.3) is 0 Å². The van der Waals surface area contributed by atoms with Crippen LogP contribution in [0.5, 0.6) is 11.5 Å². The zero-order valence-corrected chi connectivity index (χ0v) is 16.6. The molecule has 0 saturated heterocycles. The van der Waals surface area contributed by atoms with Crippen molar-refractivity contribution in [1.29, 1.82) is 0 Å². The number of benzene rings is 2. The van der Waals surface area contributed by atoms with Gasteiger partial charge >= 0.3 is 11.9 Å². The van der Waals surface area contributed by atoms with Gasteiger partial charge in [-0.25, -0.2) is 9.59 Å². The predicted octanol–water partition coefficient (Wildman–Crippen LogP) is 4.91. The van der Waals surface area contributed by atoms with Gasteiger partial charge in [0.15, 0.2) is 0 Å². The Morgan fingerprint density at radius 3 is 2.44 bits per heavy atom. The van der Waals surface area contributed by atoms with E-state index in [1.54, 1.807) is 57.4 Å². The van der Waals surface area contributed by atoms with E-state index in [-0.39, 0.29) is 12.4 Å². The van der Waals surface area contributed by atoms with Crippen molar-refractivity contribution in [3.63, 3.8) is 0 Å². The molecule has 140 valence electrons. The molecular formula is C20H17BrO6. The largest absolute Gasteiger partial charge is 0.497 e. The highest BCUT2D eigenvalue weighted by atomic mass is 79.9. The summed E-state index contributed by atoms with van der Waals surface area (Å²) in [6, 6.07) is 9.81. The summed E-state index contributed by atoms with van der Waals surface area (Å²) in [6.45, 7) is 3.66. The summed E-state index contributed by atoms with van der Waals surface area (Å²) >= 11 is 3.37. The lowest BCUT2D eigenvalue weighted by Gasteiger charge is -2.08. The van der Waals surface area contributed by atoms with Gasteiger partial charge in [0, 0.05) is 5.39 Å². The molecular weight excluding hydrogens is 416 g/mol. The summed E-state index contributed by atoms with van der Waals surface area (Å²) in [7, 11) is 1.55. The lowest BCUT2D eigenvalue weighted by Crippen LogP contribution is -2.09. The van der Waals surface area contributed by atoms with E-state index in [2.05, 4.69) is 15.9 Å². The number of halogens is 1. The first kappa shape index (κ1) is 19.0. The van der Waals surface area contributed by atoms with Gasteiger partial charge in [-0.1, -0.05) is 0 Å². The third-order valence-corrected chi connectivity index (χ3v) is 4.55. The molecule has 3 rings (SSSR count). The number of methoxy groups -OCH3 is 1. The second kappa shape index (κ2) is 7.84. The number of ether oxygens (including phenoxy) is 3. The monoisotopic (exact) mass is 432 g/mol. The first-order valence-corrected chi connectivity index (χ1v) is 9.00. The van der Waals surface area contributed by atoms with Gasteiger partial charge in [0.2, 0.25) is 0 Å². The van der Waals surface area contributed by atoms with Crippen LogP contribution in [0.15, 0.2) is 45.3 Å². The Morgan fingerprint density at radius 2 is 1.81 bits per heavy atom. The number of aryl methyl sites for hydroxylation is 1. The van der Waals surface area contributed by atoms with E-state index in [0.29, 0.717) is 38.1 Å². The van der Waals surface area contributed by atoms with E-state index < -0.39 is 11.9 Å². The maximum Gasteiger partial charge on any atom is 0.343 e. The zero-order valence-electron chi connectivity index (χ0n) is 15.0. The molecule has 2 aromatic carbocycles. The standard InChI is InChI=1S/C20H17BrO6/c1-4-25-20(23)18-11(2)26-16-10-15(21)17(9-14(16)18)27-19(22)12-5-7-13(24-3)8-6-12/h5-10H,4H2,1-3H3. The Labute approximate surface area is 164 Å². The van der Waals surface area contributed by atoms with Crippen LogP contribution in [0.4, 0.5) is 0 Å². The second-order valence-corrected chi connectivity index (χ2v) is 6.50. The topological polar surface area (TPSA) is 75.0 Å². The molecule has 0 N–H and O–H groups in total. The Balaban J connectivity index is 1.96. The van der Waals surface area contributed by atoms with E-state index in [4.69, 9.17) is 18.6 Å². The molecule has 3 aromatic rings. The summed E-state index contributed by atoms with van der Waals surface area (Å²) in [5, 5.41) is 0.520. The van der Waals surface area contributed by atoms with Crippen molar-refractivity contribution >= 4 is 38.8 Å². The highest BCUT2D eigenvalue weighted by Gasteiger charge is 2.22. The minimum Gasteiger partial charge on any atom is -0.497 e. The van der Waals surface area contributed by atoms with E-state index in [1.807, 2.05) is 0 Å². The van der Waals surface area contributed by atoms with Gasteiger partial charge in [0.05, 0.1) is 23.8 Å². The van der Waals surface area contributed by atoms with Crippen LogP contribution < -0.4 is 9.47 Å². The van der Waals surface area contributed by atoms with E-state index in [0.717, 1.165) is 0 Å². The van der Waals surface area contributed by atoms with Crippen molar-refractivity contribution in [1.82, 2.24) is 0 Å². The number of rotatable bonds is 5. The fourth-order valence-corrected chi connectivity index (χ4v) is 3.04. The fourth-order valence-electron chi connectivity index (χ4n) is 2.64. The summed E-state index contributed by atoms with van der Waals surface area (Å²) < 4.78 is 21.8. The number of hydrogen-bond donors (Lipinski definition) is 0. The van der Waals surface area contributed by atoms with E-state index in [9.17, 15) is 9.59 Å². The molecule has 0 fully saturated rings. The summed E-state index contributed by atoms with van der Waals surface area (Å²) in [5.74, 6) is 0.338. The van der Waals surface area contributed by atoms with Crippen molar-refractivity contribution in [2.45, 2.75) is 13.8 Å². The molecule has 1 aromatic heterocycles. The third kappa shape index (κ3) is 3.83. The van der Waals surface area contributed by atoms with Gasteiger partial charge in [-0.05, 0) is 66.2 Å². The first-order chi connectivity index (χ1) is 12.9. The molecule has 0 spiro atoms. The summed E-state index contributed by atoms with van der Waals surface area (Å²) in [4.78, 5) is 24.7. The quantitative estimate of drug-likeness (QED) is 0.421. The lowest BCUT2D eigenvalue weighted by molar-refractivity contribution is 0.0526. The van der Waals surface area contributed by atoms with E-state index >= 15 is 0 Å². The lowest BCUT2D eigenvalue weighted by atomic mass is 10.1. The van der Waals surface area contributed by atoms with Gasteiger partial charge in [0.1, 0.15) is 28.4 Å². The average molecular weight is 433 g/mol. The van der Waals surface area contributed by atoms with Crippen LogP contribution in [0, 0.1) is 6.92 Å². The Bertz CT molecular complexity index is 1000. The first-order valence-electron chi connectivity index (χ1n) is 8.20. The van der Waals surface area contributed by atoms with Crippen molar-refractivity contribution in [2.24, 2.45) is 0 Å². The molecule has 0 aliphatic rings. The molecule has 1 heterocycles. The molecule has 0 amide bonds. The number of esters is 2. The Morgan fingerprint density at radius 1 is 1.11 bits per heavy atom. The van der Waals surface area contributed by atoms with Crippen molar-refractivity contribution < 1.29 is 28.2 Å². The maximum atomic E-state index is 12.4. The molecule has 0 aliphatic carbocycles. The van der Waals surface area contributed by atoms with Crippen LogP contribution in [0.3, 0.4) is 0 Å². The molecule has 0 bridgehead atoms. The molecule has 0 atom stereocenters. The molecule has 0 unspecified atom stereocenters. The number of carbonyl (C=O) groups excluding carboxylic acids is 2. The number of carbonyl (C=O) groups is 2. The molecule has 0 aliphatic heterocycles. The SMILES string of the molecule is CCOC(=O)c1c(C)oc2cc(Br)c(OC(=O)c3ccc(OC)cc3)cc12. The number of furan rings is 1. The minimum atomic E-state index is -0.532. The van der Waals surface area contributed by atoms with Crippen molar-refractivity contribution in [3.8, 4) is 11.5 Å². The van der Waals surface area contributed by atoms with E-state index in [1.165, 1.54) is 0 Å². The smallest absolute Gasteiger partial charge is 0.343 e. The third-order valence-electron chi connectivity index (χ3n) is 3.93. The van der Waals surface area contributed by atoms with Gasteiger partial charge in [-0.3, -0.25) is 0 Å². The normalized spacial score (nSPS) is 10.7. The zero-order chi connectivity index (χ0) is 19.6. The molecule has 7 heteroatoms. The van der Waals surface area contributed by atoms with Crippen LogP contribution in [-0.4, -0.2) is 25.7 Å². The molecule has 0 radical (unpaired) electrons. The van der Waals surface area contributed by atoms with Crippen molar-refractivity contribution in [3.05, 3.63) is 57.8 Å². The molecule has 0 saturated carbocycles. The Kier molecular flexibility index (Phi) is 5.51. The summed E-state index contributed by atoms with van der Waals surface area (Å²) in [5.41, 5.74) is 1.18. The Hall–Kier alpha value is -2.80. The number of fused-ring (bicyclic) bond motifs is 1. The highest BCUT2D eigenvalue weighted by Crippen LogP contribution is 2.35. The fraction of sp³-hybridized carbons (Fsp3) is 0.200. The van der Waals surface area contributed by atoms with Crippen LogP contribution in [-0.2, 0) is 4.74 Å². The second-order valence-electron chi connectivity index (χ2n) is 5.65. The summed E-state index contributed by atoms with van der Waals surface area (Å²) in [6.07, 6.45) is 0. The molecule has 6 nitrogen and oxygen atoms in total. The van der Waals surface area contributed by atoms with Crippen LogP contribution >= 0.6 is 15.9 Å². The molecule has 27 heavy (non-hydrogen) atoms. The van der Waals surface area contributed by atoms with Crippen molar-refractivity contribution in [2.75, 3.05) is 13.7 Å². The predicted molar refractivity (Wildman–Crippen MR) is 103 cm³/mol.